The van der Waals surface area contributed by atoms with Gasteiger partial charge in [0.15, 0.2) is 0 Å². The molecule has 268 valence electrons. The Kier molecular flexibility index (Phi) is 8.17. The van der Waals surface area contributed by atoms with E-state index in [1.807, 2.05) is 6.20 Å². The topological polar surface area (TPSA) is 33.5 Å². The summed E-state index contributed by atoms with van der Waals surface area (Å²) in [5, 5.41) is 2.38. The molecule has 0 aliphatic carbocycles. The third-order valence-electron chi connectivity index (χ3n) is 10.6. The van der Waals surface area contributed by atoms with E-state index in [1.165, 1.54) is 44.5 Å². The first-order chi connectivity index (χ1) is 25.1. The van der Waals surface area contributed by atoms with Crippen LogP contribution in [0.25, 0.3) is 27.6 Å². The number of para-hydroxylation sites is 3. The molecule has 53 heavy (non-hydrogen) atoms. The highest BCUT2D eigenvalue weighted by Gasteiger charge is 2.29. The van der Waals surface area contributed by atoms with Crippen LogP contribution in [0.3, 0.4) is 0 Å². The molecule has 0 fully saturated rings. The van der Waals surface area contributed by atoms with Crippen LogP contribution >= 0.6 is 0 Å². The number of hydrogen-bond donors (Lipinski definition) is 0. The number of pyridine rings is 1. The van der Waals surface area contributed by atoms with Gasteiger partial charge < -0.3 is 14.5 Å². The summed E-state index contributed by atoms with van der Waals surface area (Å²) in [5.41, 5.74) is 10.5. The number of aromatic nitrogens is 2. The van der Waals surface area contributed by atoms with Crippen molar-refractivity contribution in [1.29, 1.82) is 0 Å². The molecule has 0 saturated heterocycles. The van der Waals surface area contributed by atoms with Gasteiger partial charge in [0.2, 0.25) is 0 Å². The van der Waals surface area contributed by atoms with Gasteiger partial charge in [-0.15, -0.1) is 0 Å². The Morgan fingerprint density at radius 3 is 1.74 bits per heavy atom. The Morgan fingerprint density at radius 2 is 1.08 bits per heavy atom. The number of rotatable bonds is 5. The quantitative estimate of drug-likeness (QED) is 0.179. The summed E-state index contributed by atoms with van der Waals surface area (Å²) in [7, 11) is 0. The zero-order valence-corrected chi connectivity index (χ0v) is 32.5. The third-order valence-corrected chi connectivity index (χ3v) is 10.6. The van der Waals surface area contributed by atoms with Crippen molar-refractivity contribution in [1.82, 2.24) is 9.55 Å². The van der Waals surface area contributed by atoms with Gasteiger partial charge in [0.05, 0.1) is 22.4 Å². The van der Waals surface area contributed by atoms with E-state index in [1.54, 1.807) is 0 Å². The van der Waals surface area contributed by atoms with Crippen LogP contribution in [0.5, 0.6) is 11.5 Å². The van der Waals surface area contributed by atoms with Gasteiger partial charge in [-0.1, -0.05) is 105 Å². The smallest absolute Gasteiger partial charge is 0.137 e. The molecule has 5 heteroatoms. The summed E-state index contributed by atoms with van der Waals surface area (Å²) < 4.78 is 9.21. The summed E-state index contributed by atoms with van der Waals surface area (Å²) in [6, 6.07) is 43.7. The van der Waals surface area contributed by atoms with E-state index < -0.39 is 0 Å². The Bertz CT molecular complexity index is 2470. The second-order valence-electron chi connectivity index (χ2n) is 17.5. The number of nitrogens with zero attached hydrogens (tertiary/aromatic N) is 4. The minimum absolute atomic E-state index is 0.00813. The molecular weight excluding hydrogens is 649 g/mol. The predicted molar refractivity (Wildman–Crippen MR) is 223 cm³/mol. The molecule has 0 saturated carbocycles. The Morgan fingerprint density at radius 1 is 0.491 bits per heavy atom. The van der Waals surface area contributed by atoms with Crippen molar-refractivity contribution in [3.05, 3.63) is 144 Å². The molecule has 0 N–H and O–H groups in total. The van der Waals surface area contributed by atoms with Crippen molar-refractivity contribution in [3.63, 3.8) is 0 Å². The first-order valence-electron chi connectivity index (χ1n) is 18.7. The van der Waals surface area contributed by atoms with E-state index in [9.17, 15) is 0 Å². The van der Waals surface area contributed by atoms with E-state index >= 15 is 0 Å². The van der Waals surface area contributed by atoms with Crippen LogP contribution in [0.15, 0.2) is 128 Å². The monoisotopic (exact) mass is 698 g/mol. The molecule has 8 rings (SSSR count). The van der Waals surface area contributed by atoms with Crippen LogP contribution in [-0.4, -0.2) is 16.2 Å². The fourth-order valence-corrected chi connectivity index (χ4v) is 7.41. The average molecular weight is 699 g/mol. The largest absolute Gasteiger partial charge is 0.457 e. The molecule has 3 heterocycles. The van der Waals surface area contributed by atoms with Crippen molar-refractivity contribution in [3.8, 4) is 17.3 Å². The van der Waals surface area contributed by atoms with E-state index in [4.69, 9.17) is 9.72 Å². The molecular formula is C48H50N4O. The van der Waals surface area contributed by atoms with E-state index in [2.05, 4.69) is 198 Å². The zero-order chi connectivity index (χ0) is 37.3. The number of hydrogen-bond acceptors (Lipinski definition) is 4. The lowest BCUT2D eigenvalue weighted by atomic mass is 9.86. The minimum Gasteiger partial charge on any atom is -0.457 e. The van der Waals surface area contributed by atoms with Crippen molar-refractivity contribution < 1.29 is 4.74 Å². The average Bonchev–Trinajstić information content (AvgIpc) is 3.67. The van der Waals surface area contributed by atoms with Crippen LogP contribution in [0.1, 0.15) is 79.0 Å². The molecule has 1 aliphatic rings. The predicted octanol–water partition coefficient (Wildman–Crippen LogP) is 13.1. The van der Waals surface area contributed by atoms with Gasteiger partial charge in [0, 0.05) is 40.5 Å². The molecule has 0 radical (unpaired) electrons. The van der Waals surface area contributed by atoms with Gasteiger partial charge >= 0.3 is 0 Å². The minimum atomic E-state index is -0.0860. The fraction of sp³-hybridized carbons (Fsp3) is 0.271. The molecule has 0 unspecified atom stereocenters. The molecule has 7 aromatic rings. The first-order valence-corrected chi connectivity index (χ1v) is 18.7. The highest BCUT2D eigenvalue weighted by molar-refractivity contribution is 6.09. The highest BCUT2D eigenvalue weighted by atomic mass is 16.5. The lowest BCUT2D eigenvalue weighted by Crippen LogP contribution is -2.24. The summed E-state index contributed by atoms with van der Waals surface area (Å²) in [4.78, 5) is 9.72. The molecule has 1 aliphatic heterocycles. The molecule has 0 bridgehead atoms. The molecule has 5 aromatic carbocycles. The van der Waals surface area contributed by atoms with E-state index in [0.29, 0.717) is 6.67 Å². The number of benzene rings is 5. The van der Waals surface area contributed by atoms with Crippen molar-refractivity contribution in [2.45, 2.75) is 78.6 Å². The molecule has 2 aromatic heterocycles. The number of ether oxygens (including phenoxy) is 1. The maximum Gasteiger partial charge on any atom is 0.137 e. The maximum absolute atomic E-state index is 6.89. The van der Waals surface area contributed by atoms with Gasteiger partial charge in [-0.2, -0.15) is 0 Å². The first kappa shape index (κ1) is 34.5. The molecule has 0 amide bonds. The zero-order valence-electron chi connectivity index (χ0n) is 32.5. The standard InChI is InChI=1S/C48H50N4O/c1-46(2,3)32-19-21-39-40-22-20-37(30-44(40)52(43(39)27-32)45-28-33(23-24-49-45)47(4,5)6)53-38-26-34(48(7,8)9)25-36(29-38)51-31-50(35-15-11-10-12-16-35)41-17-13-14-18-42(41)51/h10-30H,31H2,1-9H3. The van der Waals surface area contributed by atoms with Crippen LogP contribution < -0.4 is 14.5 Å². The maximum atomic E-state index is 6.89. The van der Waals surface area contributed by atoms with Crippen LogP contribution in [0, 0.1) is 0 Å². The van der Waals surface area contributed by atoms with Gasteiger partial charge in [-0.05, 0) is 99.7 Å². The molecule has 5 nitrogen and oxygen atoms in total. The van der Waals surface area contributed by atoms with Crippen LogP contribution in [0.2, 0.25) is 0 Å². The van der Waals surface area contributed by atoms with Gasteiger partial charge in [-0.3, -0.25) is 4.57 Å². The van der Waals surface area contributed by atoms with E-state index in [-0.39, 0.29) is 16.2 Å². The third kappa shape index (κ3) is 6.43. The summed E-state index contributed by atoms with van der Waals surface area (Å²) in [6.45, 7) is 21.1. The number of anilines is 4. The Labute approximate surface area is 314 Å². The number of fused-ring (bicyclic) bond motifs is 4. The lowest BCUT2D eigenvalue weighted by molar-refractivity contribution is 0.479. The van der Waals surface area contributed by atoms with Crippen LogP contribution in [-0.2, 0) is 16.2 Å². The molecule has 0 atom stereocenters. The van der Waals surface area contributed by atoms with Gasteiger partial charge in [0.25, 0.3) is 0 Å². The van der Waals surface area contributed by atoms with Gasteiger partial charge in [0.1, 0.15) is 24.0 Å². The second-order valence-corrected chi connectivity index (χ2v) is 17.5. The SMILES string of the molecule is CC(C)(C)c1cc(Oc2ccc3c4ccc(C(C)(C)C)cc4n(-c4cc(C(C)(C)C)ccn4)c3c2)cc(N2CN(c3ccccc3)c3ccccc32)c1. The van der Waals surface area contributed by atoms with Crippen molar-refractivity contribution in [2.24, 2.45) is 0 Å². The highest BCUT2D eigenvalue weighted by Crippen LogP contribution is 2.46. The lowest BCUT2D eigenvalue weighted by Gasteiger charge is -2.26. The second kappa shape index (κ2) is 12.5. The summed E-state index contributed by atoms with van der Waals surface area (Å²) in [5.74, 6) is 2.51. The van der Waals surface area contributed by atoms with Gasteiger partial charge in [-0.25, -0.2) is 4.98 Å². The summed E-state index contributed by atoms with van der Waals surface area (Å²) >= 11 is 0. The van der Waals surface area contributed by atoms with Crippen LogP contribution in [0.4, 0.5) is 22.7 Å². The fourth-order valence-electron chi connectivity index (χ4n) is 7.41. The Hall–Kier alpha value is -5.55. The normalized spacial score (nSPS) is 13.6. The summed E-state index contributed by atoms with van der Waals surface area (Å²) in [6.07, 6.45) is 1.94. The Balaban J connectivity index is 1.25. The van der Waals surface area contributed by atoms with E-state index in [0.717, 1.165) is 34.0 Å². The van der Waals surface area contributed by atoms with Crippen molar-refractivity contribution in [2.75, 3.05) is 16.5 Å². The van der Waals surface area contributed by atoms with Crippen molar-refractivity contribution >= 4 is 44.6 Å². The molecule has 0 spiro atoms.